The van der Waals surface area contributed by atoms with Gasteiger partial charge in [-0.15, -0.1) is 11.3 Å². The molecular formula is C22H32N4O2S. The Morgan fingerprint density at radius 1 is 1.41 bits per heavy atom. The van der Waals surface area contributed by atoms with Crippen LogP contribution in [-0.4, -0.2) is 50.1 Å². The number of carbonyl (C=O) groups is 1. The van der Waals surface area contributed by atoms with Crippen LogP contribution in [0, 0.1) is 5.92 Å². The SMILES string of the molecule is COc1cccc(CNC(=O)CC[C@@H]2CCCN(Cc3cnc(N(C)C)s3)C2)c1. The molecule has 1 amide bonds. The molecule has 158 valence electrons. The molecule has 0 spiro atoms. The van der Waals surface area contributed by atoms with Crippen LogP contribution >= 0.6 is 11.3 Å². The van der Waals surface area contributed by atoms with E-state index in [0.717, 1.165) is 42.5 Å². The van der Waals surface area contributed by atoms with E-state index in [-0.39, 0.29) is 5.91 Å². The molecule has 1 aliphatic rings. The summed E-state index contributed by atoms with van der Waals surface area (Å²) in [5.41, 5.74) is 1.06. The first-order chi connectivity index (χ1) is 14.0. The van der Waals surface area contributed by atoms with Crippen molar-refractivity contribution >= 4 is 22.4 Å². The molecule has 1 fully saturated rings. The molecule has 2 heterocycles. The predicted molar refractivity (Wildman–Crippen MR) is 119 cm³/mol. The zero-order valence-electron chi connectivity index (χ0n) is 17.7. The van der Waals surface area contributed by atoms with Crippen molar-refractivity contribution in [2.24, 2.45) is 5.92 Å². The number of ether oxygens (including phenoxy) is 1. The van der Waals surface area contributed by atoms with E-state index < -0.39 is 0 Å². The molecule has 1 aromatic carbocycles. The first kappa shape index (κ1) is 21.6. The highest BCUT2D eigenvalue weighted by atomic mass is 32.1. The number of benzene rings is 1. The van der Waals surface area contributed by atoms with Crippen molar-refractivity contribution in [1.29, 1.82) is 0 Å². The Kier molecular flexibility index (Phi) is 7.89. The maximum Gasteiger partial charge on any atom is 0.220 e. The molecule has 0 radical (unpaired) electrons. The van der Waals surface area contributed by atoms with Crippen LogP contribution in [0.15, 0.2) is 30.5 Å². The maximum absolute atomic E-state index is 12.3. The number of methoxy groups -OCH3 is 1. The third-order valence-corrected chi connectivity index (χ3v) is 6.46. The minimum Gasteiger partial charge on any atom is -0.497 e. The summed E-state index contributed by atoms with van der Waals surface area (Å²) in [7, 11) is 5.71. The van der Waals surface area contributed by atoms with Gasteiger partial charge in [-0.3, -0.25) is 9.69 Å². The van der Waals surface area contributed by atoms with E-state index in [0.29, 0.717) is 18.9 Å². The summed E-state index contributed by atoms with van der Waals surface area (Å²) >= 11 is 1.76. The second-order valence-corrected chi connectivity index (χ2v) is 9.01. The summed E-state index contributed by atoms with van der Waals surface area (Å²) in [6, 6.07) is 7.82. The number of nitrogens with one attached hydrogen (secondary N) is 1. The third-order valence-electron chi connectivity index (χ3n) is 5.31. The fraction of sp³-hybridized carbons (Fsp3) is 0.545. The molecule has 6 nitrogen and oxygen atoms in total. The van der Waals surface area contributed by atoms with Gasteiger partial charge in [0.05, 0.1) is 7.11 Å². The number of rotatable bonds is 9. The lowest BCUT2D eigenvalue weighted by Gasteiger charge is -2.32. The topological polar surface area (TPSA) is 57.7 Å². The normalized spacial score (nSPS) is 17.1. The molecule has 1 atom stereocenters. The number of piperidine rings is 1. The minimum atomic E-state index is 0.128. The lowest BCUT2D eigenvalue weighted by molar-refractivity contribution is -0.121. The zero-order chi connectivity index (χ0) is 20.6. The van der Waals surface area contributed by atoms with Gasteiger partial charge in [0.1, 0.15) is 5.75 Å². The largest absolute Gasteiger partial charge is 0.497 e. The van der Waals surface area contributed by atoms with E-state index in [2.05, 4.69) is 20.1 Å². The molecule has 1 saturated heterocycles. The highest BCUT2D eigenvalue weighted by Crippen LogP contribution is 2.26. The van der Waals surface area contributed by atoms with Crippen molar-refractivity contribution in [3.05, 3.63) is 40.9 Å². The second-order valence-electron chi connectivity index (χ2n) is 7.91. The van der Waals surface area contributed by atoms with Crippen molar-refractivity contribution in [3.8, 4) is 5.75 Å². The molecule has 1 aliphatic heterocycles. The lowest BCUT2D eigenvalue weighted by atomic mass is 9.93. The van der Waals surface area contributed by atoms with Gasteiger partial charge in [0.15, 0.2) is 5.13 Å². The van der Waals surface area contributed by atoms with Crippen LogP contribution in [0.5, 0.6) is 5.75 Å². The highest BCUT2D eigenvalue weighted by molar-refractivity contribution is 7.15. The molecule has 2 aromatic rings. The summed E-state index contributed by atoms with van der Waals surface area (Å²) in [6.45, 7) is 3.71. The van der Waals surface area contributed by atoms with Crippen molar-refractivity contribution in [3.63, 3.8) is 0 Å². The van der Waals surface area contributed by atoms with E-state index in [1.807, 2.05) is 44.6 Å². The van der Waals surface area contributed by atoms with Gasteiger partial charge in [0, 0.05) is 51.2 Å². The minimum absolute atomic E-state index is 0.128. The molecule has 7 heteroatoms. The van der Waals surface area contributed by atoms with Gasteiger partial charge in [-0.25, -0.2) is 4.98 Å². The Balaban J connectivity index is 1.39. The smallest absolute Gasteiger partial charge is 0.220 e. The lowest BCUT2D eigenvalue weighted by Crippen LogP contribution is -2.35. The van der Waals surface area contributed by atoms with Crippen molar-refractivity contribution < 1.29 is 9.53 Å². The summed E-state index contributed by atoms with van der Waals surface area (Å²) in [4.78, 5) is 22.6. The molecule has 1 N–H and O–H groups in total. The molecule has 0 aliphatic carbocycles. The van der Waals surface area contributed by atoms with Gasteiger partial charge in [0.2, 0.25) is 5.91 Å². The van der Waals surface area contributed by atoms with Crippen LogP contribution in [0.4, 0.5) is 5.13 Å². The number of hydrogen-bond donors (Lipinski definition) is 1. The third kappa shape index (κ3) is 6.72. The predicted octanol–water partition coefficient (Wildman–Crippen LogP) is 3.53. The van der Waals surface area contributed by atoms with Crippen LogP contribution in [0.25, 0.3) is 0 Å². The molecule has 0 unspecified atom stereocenters. The first-order valence-electron chi connectivity index (χ1n) is 10.3. The zero-order valence-corrected chi connectivity index (χ0v) is 18.5. The van der Waals surface area contributed by atoms with Crippen LogP contribution in [0.2, 0.25) is 0 Å². The summed E-state index contributed by atoms with van der Waals surface area (Å²) in [6.07, 6.45) is 5.95. The monoisotopic (exact) mass is 416 g/mol. The number of carbonyl (C=O) groups excluding carboxylic acids is 1. The van der Waals surface area contributed by atoms with Crippen molar-refractivity contribution in [2.75, 3.05) is 39.2 Å². The van der Waals surface area contributed by atoms with Crippen molar-refractivity contribution in [2.45, 2.75) is 38.8 Å². The number of likely N-dealkylation sites (tertiary alicyclic amines) is 1. The molecule has 3 rings (SSSR count). The van der Waals surface area contributed by atoms with E-state index in [1.165, 1.54) is 17.7 Å². The number of anilines is 1. The van der Waals surface area contributed by atoms with Gasteiger partial charge >= 0.3 is 0 Å². The quantitative estimate of drug-likeness (QED) is 0.678. The fourth-order valence-corrected chi connectivity index (χ4v) is 4.61. The standard InChI is InChI=1S/C22H32N4O2S/c1-25(2)22-24-14-20(29-22)16-26-11-5-7-17(15-26)9-10-21(27)23-13-18-6-4-8-19(12-18)28-3/h4,6,8,12,14,17H,5,7,9-11,13,15-16H2,1-3H3,(H,23,27)/t17-/m0/s1. The van der Waals surface area contributed by atoms with Crippen LogP contribution in [-0.2, 0) is 17.9 Å². The summed E-state index contributed by atoms with van der Waals surface area (Å²) < 4.78 is 5.23. The fourth-order valence-electron chi connectivity index (χ4n) is 3.73. The van der Waals surface area contributed by atoms with Gasteiger partial charge in [-0.1, -0.05) is 12.1 Å². The molecular weight excluding hydrogens is 384 g/mol. The average molecular weight is 417 g/mol. The van der Waals surface area contributed by atoms with Gasteiger partial charge in [-0.05, 0) is 49.4 Å². The summed E-state index contributed by atoms with van der Waals surface area (Å²) in [5.74, 6) is 1.54. The van der Waals surface area contributed by atoms with Crippen molar-refractivity contribution in [1.82, 2.24) is 15.2 Å². The maximum atomic E-state index is 12.3. The first-order valence-corrected chi connectivity index (χ1v) is 11.1. The van der Waals surface area contributed by atoms with E-state index in [1.54, 1.807) is 18.4 Å². The Morgan fingerprint density at radius 3 is 3.03 bits per heavy atom. The Hall–Kier alpha value is -2.12. The summed E-state index contributed by atoms with van der Waals surface area (Å²) in [5, 5.41) is 4.09. The van der Waals surface area contributed by atoms with E-state index in [4.69, 9.17) is 4.74 Å². The number of thiazole rings is 1. The van der Waals surface area contributed by atoms with E-state index in [9.17, 15) is 4.79 Å². The second kappa shape index (κ2) is 10.6. The highest BCUT2D eigenvalue weighted by Gasteiger charge is 2.21. The number of nitrogens with zero attached hydrogens (tertiary/aromatic N) is 3. The Labute approximate surface area is 177 Å². The average Bonchev–Trinajstić information content (AvgIpc) is 3.20. The molecule has 0 saturated carbocycles. The number of amides is 1. The van der Waals surface area contributed by atoms with Crippen LogP contribution < -0.4 is 15.0 Å². The molecule has 0 bridgehead atoms. The van der Waals surface area contributed by atoms with Gasteiger partial charge < -0.3 is 15.0 Å². The van der Waals surface area contributed by atoms with Gasteiger partial charge in [-0.2, -0.15) is 0 Å². The molecule has 1 aromatic heterocycles. The molecule has 29 heavy (non-hydrogen) atoms. The number of hydrogen-bond acceptors (Lipinski definition) is 6. The van der Waals surface area contributed by atoms with Crippen LogP contribution in [0.3, 0.4) is 0 Å². The Bertz CT molecular complexity index is 793. The van der Waals surface area contributed by atoms with Gasteiger partial charge in [0.25, 0.3) is 0 Å². The Morgan fingerprint density at radius 2 is 2.28 bits per heavy atom. The number of aromatic nitrogens is 1. The van der Waals surface area contributed by atoms with E-state index >= 15 is 0 Å². The van der Waals surface area contributed by atoms with Crippen LogP contribution in [0.1, 0.15) is 36.1 Å².